The predicted molar refractivity (Wildman–Crippen MR) is 86.7 cm³/mol. The minimum absolute atomic E-state index is 0.675. The number of hydrogen-bond donors (Lipinski definition) is 0. The molecular weight excluding hydrogens is 280 g/mol. The van der Waals surface area contributed by atoms with Crippen molar-refractivity contribution in [2.75, 3.05) is 7.05 Å². The highest BCUT2D eigenvalue weighted by molar-refractivity contribution is 7.71. The van der Waals surface area contributed by atoms with Crippen LogP contribution in [0.15, 0.2) is 48.7 Å². The SMILES string of the molecule is Cc1ccc(CN(C)Cn2nc3ccccn3c2=S)cc1. The van der Waals surface area contributed by atoms with E-state index in [-0.39, 0.29) is 0 Å². The average molecular weight is 298 g/mol. The van der Waals surface area contributed by atoms with Crippen LogP contribution in [-0.2, 0) is 13.2 Å². The molecule has 0 aliphatic rings. The molecule has 5 heteroatoms. The second-order valence-corrected chi connectivity index (χ2v) is 5.72. The van der Waals surface area contributed by atoms with Gasteiger partial charge in [0.2, 0.25) is 4.77 Å². The van der Waals surface area contributed by atoms with E-state index in [4.69, 9.17) is 12.2 Å². The minimum Gasteiger partial charge on any atom is -0.283 e. The molecule has 2 aromatic heterocycles. The normalized spacial score (nSPS) is 11.4. The van der Waals surface area contributed by atoms with Crippen molar-refractivity contribution >= 4 is 17.9 Å². The quantitative estimate of drug-likeness (QED) is 0.691. The van der Waals surface area contributed by atoms with Crippen molar-refractivity contribution in [2.24, 2.45) is 0 Å². The minimum atomic E-state index is 0.675. The van der Waals surface area contributed by atoms with Gasteiger partial charge in [0.05, 0.1) is 6.67 Å². The highest BCUT2D eigenvalue weighted by Crippen LogP contribution is 2.08. The van der Waals surface area contributed by atoms with Crippen LogP contribution in [0.4, 0.5) is 0 Å². The highest BCUT2D eigenvalue weighted by atomic mass is 32.1. The molecule has 0 saturated carbocycles. The lowest BCUT2D eigenvalue weighted by atomic mass is 10.1. The van der Waals surface area contributed by atoms with Crippen LogP contribution in [-0.4, -0.2) is 26.1 Å². The zero-order valence-electron chi connectivity index (χ0n) is 12.2. The van der Waals surface area contributed by atoms with Crippen molar-refractivity contribution in [3.8, 4) is 0 Å². The first kappa shape index (κ1) is 14.0. The highest BCUT2D eigenvalue weighted by Gasteiger charge is 2.06. The van der Waals surface area contributed by atoms with Gasteiger partial charge in [0.1, 0.15) is 0 Å². The molecule has 1 aromatic carbocycles. The first-order valence-corrected chi connectivity index (χ1v) is 7.32. The van der Waals surface area contributed by atoms with E-state index in [0.717, 1.165) is 17.0 Å². The lowest BCUT2D eigenvalue weighted by Crippen LogP contribution is -2.22. The van der Waals surface area contributed by atoms with Crippen molar-refractivity contribution < 1.29 is 0 Å². The standard InChI is InChI=1S/C16H18N4S/c1-13-6-8-14(9-7-13)11-18(2)12-20-16(21)19-10-4-3-5-15(19)17-20/h3-10H,11-12H2,1-2H3. The Morgan fingerprint density at radius 2 is 1.90 bits per heavy atom. The zero-order valence-corrected chi connectivity index (χ0v) is 13.0. The van der Waals surface area contributed by atoms with Crippen molar-refractivity contribution in [3.05, 3.63) is 64.6 Å². The summed E-state index contributed by atoms with van der Waals surface area (Å²) in [5.41, 5.74) is 3.45. The Hall–Kier alpha value is -1.98. The average Bonchev–Trinajstić information content (AvgIpc) is 2.78. The van der Waals surface area contributed by atoms with E-state index in [1.165, 1.54) is 11.1 Å². The molecule has 3 rings (SSSR count). The molecule has 3 aromatic rings. The van der Waals surface area contributed by atoms with Gasteiger partial charge in [0.15, 0.2) is 5.65 Å². The van der Waals surface area contributed by atoms with Crippen molar-refractivity contribution in [1.29, 1.82) is 0 Å². The maximum absolute atomic E-state index is 5.46. The Bertz CT molecular complexity index is 801. The Labute approximate surface area is 129 Å². The molecule has 0 spiro atoms. The first-order valence-electron chi connectivity index (χ1n) is 6.92. The Morgan fingerprint density at radius 3 is 2.62 bits per heavy atom. The Morgan fingerprint density at radius 1 is 1.14 bits per heavy atom. The van der Waals surface area contributed by atoms with Crippen LogP contribution in [0, 0.1) is 11.7 Å². The molecule has 4 nitrogen and oxygen atoms in total. The number of fused-ring (bicyclic) bond motifs is 1. The zero-order chi connectivity index (χ0) is 14.8. The molecule has 0 amide bonds. The molecule has 0 fully saturated rings. The second kappa shape index (κ2) is 5.79. The molecule has 0 bridgehead atoms. The van der Waals surface area contributed by atoms with Gasteiger partial charge in [0.25, 0.3) is 0 Å². The third-order valence-electron chi connectivity index (χ3n) is 3.44. The lowest BCUT2D eigenvalue weighted by molar-refractivity contribution is 0.245. The number of benzene rings is 1. The van der Waals surface area contributed by atoms with Crippen LogP contribution in [0.3, 0.4) is 0 Å². The van der Waals surface area contributed by atoms with Crippen molar-refractivity contribution in [2.45, 2.75) is 20.1 Å². The van der Waals surface area contributed by atoms with Crippen LogP contribution in [0.25, 0.3) is 5.65 Å². The van der Waals surface area contributed by atoms with Crippen LogP contribution < -0.4 is 0 Å². The maximum atomic E-state index is 5.46. The van der Waals surface area contributed by atoms with Gasteiger partial charge in [-0.1, -0.05) is 35.9 Å². The van der Waals surface area contributed by atoms with Crippen LogP contribution >= 0.6 is 12.2 Å². The molecule has 0 radical (unpaired) electrons. The molecule has 0 unspecified atom stereocenters. The second-order valence-electron chi connectivity index (χ2n) is 5.35. The molecule has 108 valence electrons. The smallest absolute Gasteiger partial charge is 0.203 e. The molecule has 0 saturated heterocycles. The molecule has 0 aliphatic heterocycles. The van der Waals surface area contributed by atoms with E-state index >= 15 is 0 Å². The number of aromatic nitrogens is 3. The van der Waals surface area contributed by atoms with E-state index in [1.807, 2.05) is 33.5 Å². The summed E-state index contributed by atoms with van der Waals surface area (Å²) in [6.07, 6.45) is 1.95. The van der Waals surface area contributed by atoms with Gasteiger partial charge >= 0.3 is 0 Å². The van der Waals surface area contributed by atoms with Crippen molar-refractivity contribution in [1.82, 2.24) is 19.1 Å². The molecular formula is C16H18N4S. The van der Waals surface area contributed by atoms with Crippen molar-refractivity contribution in [3.63, 3.8) is 0 Å². The largest absolute Gasteiger partial charge is 0.283 e. The molecule has 0 aliphatic carbocycles. The van der Waals surface area contributed by atoms with E-state index in [1.54, 1.807) is 0 Å². The van der Waals surface area contributed by atoms with Crippen LogP contribution in [0.1, 0.15) is 11.1 Å². The topological polar surface area (TPSA) is 25.5 Å². The lowest BCUT2D eigenvalue weighted by Gasteiger charge is -2.16. The number of rotatable bonds is 4. The Balaban J connectivity index is 1.77. The molecule has 0 N–H and O–H groups in total. The summed E-state index contributed by atoms with van der Waals surface area (Å²) in [5.74, 6) is 0. The van der Waals surface area contributed by atoms with Gasteiger partial charge in [-0.05, 0) is 43.9 Å². The fourth-order valence-corrected chi connectivity index (χ4v) is 2.60. The van der Waals surface area contributed by atoms with Gasteiger partial charge in [0, 0.05) is 12.7 Å². The molecule has 21 heavy (non-hydrogen) atoms. The van der Waals surface area contributed by atoms with E-state index in [2.05, 4.69) is 48.2 Å². The summed E-state index contributed by atoms with van der Waals surface area (Å²) in [7, 11) is 2.08. The van der Waals surface area contributed by atoms with E-state index < -0.39 is 0 Å². The van der Waals surface area contributed by atoms with Gasteiger partial charge in [-0.25, -0.2) is 4.68 Å². The monoisotopic (exact) mass is 298 g/mol. The fourth-order valence-electron chi connectivity index (χ4n) is 2.34. The molecule has 0 atom stereocenters. The fraction of sp³-hybridized carbons (Fsp3) is 0.250. The summed E-state index contributed by atoms with van der Waals surface area (Å²) in [6, 6.07) is 14.5. The Kier molecular flexibility index (Phi) is 3.86. The van der Waals surface area contributed by atoms with Gasteiger partial charge in [-0.3, -0.25) is 9.30 Å². The van der Waals surface area contributed by atoms with Gasteiger partial charge in [-0.2, -0.15) is 5.10 Å². The number of hydrogen-bond acceptors (Lipinski definition) is 3. The summed E-state index contributed by atoms with van der Waals surface area (Å²) >= 11 is 5.46. The molecule has 2 heterocycles. The van der Waals surface area contributed by atoms with E-state index in [9.17, 15) is 0 Å². The van der Waals surface area contributed by atoms with Gasteiger partial charge in [-0.15, -0.1) is 0 Å². The summed E-state index contributed by atoms with van der Waals surface area (Å²) in [4.78, 5) is 2.20. The number of pyridine rings is 1. The summed E-state index contributed by atoms with van der Waals surface area (Å²) < 4.78 is 4.51. The number of nitrogens with zero attached hydrogens (tertiary/aromatic N) is 4. The third-order valence-corrected chi connectivity index (χ3v) is 3.84. The van der Waals surface area contributed by atoms with Crippen LogP contribution in [0.5, 0.6) is 0 Å². The summed E-state index contributed by atoms with van der Waals surface area (Å²) in [5, 5.41) is 4.54. The predicted octanol–water partition coefficient (Wildman–Crippen LogP) is 3.26. The van der Waals surface area contributed by atoms with Gasteiger partial charge < -0.3 is 0 Å². The summed E-state index contributed by atoms with van der Waals surface area (Å²) in [6.45, 7) is 3.65. The first-order chi connectivity index (χ1) is 10.1. The van der Waals surface area contributed by atoms with E-state index in [0.29, 0.717) is 6.67 Å². The number of aryl methyl sites for hydroxylation is 1. The van der Waals surface area contributed by atoms with Crippen LogP contribution in [0.2, 0.25) is 0 Å². The maximum Gasteiger partial charge on any atom is 0.203 e. The third kappa shape index (κ3) is 3.04.